The van der Waals surface area contributed by atoms with Crippen LogP contribution in [-0.4, -0.2) is 18.5 Å². The van der Waals surface area contributed by atoms with Gasteiger partial charge in [-0.25, -0.2) is 0 Å². The molecule has 1 aliphatic rings. The predicted octanol–water partition coefficient (Wildman–Crippen LogP) is 3.75. The van der Waals surface area contributed by atoms with Crippen LogP contribution in [0.4, 0.5) is 5.69 Å². The fourth-order valence-corrected chi connectivity index (χ4v) is 2.85. The van der Waals surface area contributed by atoms with Crippen LogP contribution in [0.25, 0.3) is 0 Å². The SMILES string of the molecule is CCCCCC(C)(C)CNC(=O)C1Cc2ccccc2N1. The molecule has 0 spiro atoms. The normalized spacial score (nSPS) is 17.2. The predicted molar refractivity (Wildman–Crippen MR) is 88.5 cm³/mol. The quantitative estimate of drug-likeness (QED) is 0.750. The van der Waals surface area contributed by atoms with Crippen LogP contribution in [-0.2, 0) is 11.2 Å². The van der Waals surface area contributed by atoms with Gasteiger partial charge in [-0.15, -0.1) is 0 Å². The molecule has 0 aliphatic carbocycles. The lowest BCUT2D eigenvalue weighted by Gasteiger charge is -2.26. The van der Waals surface area contributed by atoms with Gasteiger partial charge < -0.3 is 10.6 Å². The Balaban J connectivity index is 1.78. The summed E-state index contributed by atoms with van der Waals surface area (Å²) in [6.45, 7) is 7.45. The standard InChI is InChI=1S/C18H28N2O/c1-4-5-8-11-18(2,3)13-19-17(21)16-12-14-9-6-7-10-15(14)20-16/h6-7,9-10,16,20H,4-5,8,11-13H2,1-3H3,(H,19,21). The second-order valence-corrected chi connectivity index (χ2v) is 6.90. The number of hydrogen-bond acceptors (Lipinski definition) is 2. The van der Waals surface area contributed by atoms with E-state index in [0.717, 1.165) is 18.7 Å². The molecule has 0 saturated carbocycles. The summed E-state index contributed by atoms with van der Waals surface area (Å²) in [5.74, 6) is 0.120. The van der Waals surface area contributed by atoms with Crippen LogP contribution in [0.1, 0.15) is 52.0 Å². The molecule has 1 unspecified atom stereocenters. The van der Waals surface area contributed by atoms with Crippen molar-refractivity contribution >= 4 is 11.6 Å². The Morgan fingerprint density at radius 1 is 1.33 bits per heavy atom. The van der Waals surface area contributed by atoms with Crippen molar-refractivity contribution in [2.24, 2.45) is 5.41 Å². The maximum absolute atomic E-state index is 12.3. The van der Waals surface area contributed by atoms with Crippen LogP contribution in [0.5, 0.6) is 0 Å². The minimum Gasteiger partial charge on any atom is -0.373 e. The largest absolute Gasteiger partial charge is 0.373 e. The third-order valence-corrected chi connectivity index (χ3v) is 4.29. The molecule has 0 radical (unpaired) electrons. The number of carbonyl (C=O) groups excluding carboxylic acids is 1. The van der Waals surface area contributed by atoms with Gasteiger partial charge in [0.25, 0.3) is 0 Å². The third kappa shape index (κ3) is 4.48. The molecule has 1 heterocycles. The topological polar surface area (TPSA) is 41.1 Å². The summed E-state index contributed by atoms with van der Waals surface area (Å²) in [5.41, 5.74) is 2.51. The van der Waals surface area contributed by atoms with Crippen LogP contribution < -0.4 is 10.6 Å². The summed E-state index contributed by atoms with van der Waals surface area (Å²) >= 11 is 0. The van der Waals surface area contributed by atoms with Gasteiger partial charge in [-0.1, -0.05) is 58.2 Å². The molecule has 3 heteroatoms. The van der Waals surface area contributed by atoms with Gasteiger partial charge in [0, 0.05) is 18.7 Å². The van der Waals surface area contributed by atoms with Crippen molar-refractivity contribution in [3.63, 3.8) is 0 Å². The lowest BCUT2D eigenvalue weighted by molar-refractivity contribution is -0.122. The molecule has 0 bridgehead atoms. The summed E-state index contributed by atoms with van der Waals surface area (Å²) in [6.07, 6.45) is 5.72. The van der Waals surface area contributed by atoms with Crippen LogP contribution >= 0.6 is 0 Å². The van der Waals surface area contributed by atoms with E-state index < -0.39 is 0 Å². The van der Waals surface area contributed by atoms with Gasteiger partial charge >= 0.3 is 0 Å². The summed E-state index contributed by atoms with van der Waals surface area (Å²) in [6, 6.07) is 8.04. The van der Waals surface area contributed by atoms with Crippen molar-refractivity contribution in [3.05, 3.63) is 29.8 Å². The smallest absolute Gasteiger partial charge is 0.242 e. The Hall–Kier alpha value is -1.51. The second kappa shape index (κ2) is 6.97. The van der Waals surface area contributed by atoms with Crippen LogP contribution in [0.3, 0.4) is 0 Å². The van der Waals surface area contributed by atoms with Crippen molar-refractivity contribution in [2.75, 3.05) is 11.9 Å². The molecule has 1 aromatic rings. The van der Waals surface area contributed by atoms with E-state index in [2.05, 4.69) is 37.5 Å². The molecule has 116 valence electrons. The Kier molecular flexibility index (Phi) is 5.27. The van der Waals surface area contributed by atoms with E-state index in [9.17, 15) is 4.79 Å². The second-order valence-electron chi connectivity index (χ2n) is 6.90. The van der Waals surface area contributed by atoms with Crippen LogP contribution in [0.15, 0.2) is 24.3 Å². The van der Waals surface area contributed by atoms with E-state index in [1.165, 1.54) is 31.2 Å². The van der Waals surface area contributed by atoms with E-state index in [1.807, 2.05) is 18.2 Å². The maximum Gasteiger partial charge on any atom is 0.242 e. The van der Waals surface area contributed by atoms with Gasteiger partial charge in [-0.05, 0) is 23.5 Å². The zero-order valence-corrected chi connectivity index (χ0v) is 13.5. The first-order chi connectivity index (χ1) is 10.0. The molecule has 1 amide bonds. The Morgan fingerprint density at radius 2 is 2.10 bits per heavy atom. The number of fused-ring (bicyclic) bond motifs is 1. The van der Waals surface area contributed by atoms with Gasteiger partial charge in [-0.2, -0.15) is 0 Å². The van der Waals surface area contributed by atoms with Crippen molar-refractivity contribution in [1.82, 2.24) is 5.32 Å². The lowest BCUT2D eigenvalue weighted by atomic mass is 9.87. The van der Waals surface area contributed by atoms with Crippen molar-refractivity contribution in [2.45, 2.75) is 58.9 Å². The number of nitrogens with one attached hydrogen (secondary N) is 2. The Labute approximate surface area is 128 Å². The number of rotatable bonds is 7. The number of para-hydroxylation sites is 1. The number of unbranched alkanes of at least 4 members (excludes halogenated alkanes) is 2. The molecule has 21 heavy (non-hydrogen) atoms. The van der Waals surface area contributed by atoms with Crippen molar-refractivity contribution in [3.8, 4) is 0 Å². The number of benzene rings is 1. The fraction of sp³-hybridized carbons (Fsp3) is 0.611. The van der Waals surface area contributed by atoms with Crippen molar-refractivity contribution in [1.29, 1.82) is 0 Å². The number of carbonyl (C=O) groups is 1. The number of anilines is 1. The zero-order chi connectivity index (χ0) is 15.3. The third-order valence-electron chi connectivity index (χ3n) is 4.29. The van der Waals surface area contributed by atoms with Crippen molar-refractivity contribution < 1.29 is 4.79 Å². The first-order valence-electron chi connectivity index (χ1n) is 8.14. The number of hydrogen-bond donors (Lipinski definition) is 2. The summed E-state index contributed by atoms with van der Waals surface area (Å²) in [4.78, 5) is 12.3. The van der Waals surface area contributed by atoms with E-state index in [4.69, 9.17) is 0 Å². The molecule has 2 N–H and O–H groups in total. The van der Waals surface area contributed by atoms with Gasteiger partial charge in [0.1, 0.15) is 6.04 Å². The van der Waals surface area contributed by atoms with Gasteiger partial charge in [0.15, 0.2) is 0 Å². The highest BCUT2D eigenvalue weighted by Gasteiger charge is 2.27. The van der Waals surface area contributed by atoms with Crippen LogP contribution in [0.2, 0.25) is 0 Å². The molecule has 0 fully saturated rings. The fourth-order valence-electron chi connectivity index (χ4n) is 2.85. The van der Waals surface area contributed by atoms with Gasteiger partial charge in [-0.3, -0.25) is 4.79 Å². The Morgan fingerprint density at radius 3 is 2.81 bits per heavy atom. The lowest BCUT2D eigenvalue weighted by Crippen LogP contribution is -2.42. The highest BCUT2D eigenvalue weighted by atomic mass is 16.2. The van der Waals surface area contributed by atoms with Gasteiger partial charge in [0.05, 0.1) is 0 Å². The van der Waals surface area contributed by atoms with E-state index in [1.54, 1.807) is 0 Å². The minimum absolute atomic E-state index is 0.117. The molecule has 1 atom stereocenters. The molecular weight excluding hydrogens is 260 g/mol. The van der Waals surface area contributed by atoms with Gasteiger partial charge in [0.2, 0.25) is 5.91 Å². The molecule has 2 rings (SSSR count). The monoisotopic (exact) mass is 288 g/mol. The highest BCUT2D eigenvalue weighted by Crippen LogP contribution is 2.26. The molecule has 1 aliphatic heterocycles. The molecule has 0 saturated heterocycles. The summed E-state index contributed by atoms with van der Waals surface area (Å²) in [5, 5.41) is 6.44. The van der Waals surface area contributed by atoms with E-state index >= 15 is 0 Å². The summed E-state index contributed by atoms with van der Waals surface area (Å²) in [7, 11) is 0. The highest BCUT2D eigenvalue weighted by molar-refractivity contribution is 5.87. The first-order valence-corrected chi connectivity index (χ1v) is 8.14. The average molecular weight is 288 g/mol. The number of amides is 1. The summed E-state index contributed by atoms with van der Waals surface area (Å²) < 4.78 is 0. The average Bonchev–Trinajstić information content (AvgIpc) is 2.89. The Bertz CT molecular complexity index is 457. The molecular formula is C18H28N2O. The first kappa shape index (κ1) is 15.9. The molecule has 0 aromatic heterocycles. The maximum atomic E-state index is 12.3. The molecule has 3 nitrogen and oxygen atoms in total. The van der Waals surface area contributed by atoms with Crippen LogP contribution in [0, 0.1) is 5.41 Å². The zero-order valence-electron chi connectivity index (χ0n) is 13.5. The minimum atomic E-state index is -0.117. The van der Waals surface area contributed by atoms with E-state index in [-0.39, 0.29) is 17.4 Å². The molecule has 1 aromatic carbocycles. The van der Waals surface area contributed by atoms with E-state index in [0.29, 0.717) is 0 Å².